The van der Waals surface area contributed by atoms with Gasteiger partial charge in [-0.15, -0.1) is 0 Å². The fraction of sp³-hybridized carbons (Fsp3) is 0.625. The second-order valence-electron chi connectivity index (χ2n) is 5.53. The average molecular weight is 276 g/mol. The molecule has 0 aliphatic carbocycles. The molecule has 3 rings (SSSR count). The monoisotopic (exact) mass is 276 g/mol. The molecule has 0 saturated carbocycles. The Bertz CT molecular complexity index is 393. The summed E-state index contributed by atoms with van der Waals surface area (Å²) < 4.78 is 11.4. The average Bonchev–Trinajstić information content (AvgIpc) is 2.86. The van der Waals surface area contributed by atoms with Gasteiger partial charge in [-0.1, -0.05) is 0 Å². The summed E-state index contributed by atoms with van der Waals surface area (Å²) in [6.07, 6.45) is 3.78. The Morgan fingerprint density at radius 1 is 1.15 bits per heavy atom. The largest absolute Gasteiger partial charge is 0.491 e. The molecule has 1 aromatic rings. The van der Waals surface area contributed by atoms with Crippen molar-refractivity contribution in [1.82, 2.24) is 5.32 Å². The van der Waals surface area contributed by atoms with Crippen LogP contribution in [0.1, 0.15) is 19.3 Å². The van der Waals surface area contributed by atoms with Crippen molar-refractivity contribution in [3.05, 3.63) is 24.3 Å². The van der Waals surface area contributed by atoms with Gasteiger partial charge in [0, 0.05) is 31.9 Å². The molecule has 1 unspecified atom stereocenters. The van der Waals surface area contributed by atoms with Gasteiger partial charge in [0.25, 0.3) is 0 Å². The van der Waals surface area contributed by atoms with Crippen molar-refractivity contribution >= 4 is 5.69 Å². The lowest BCUT2D eigenvalue weighted by atomic mass is 10.2. The molecular weight excluding hydrogens is 252 g/mol. The normalized spacial score (nSPS) is 23.6. The number of hydrogen-bond donors (Lipinski definition) is 1. The number of nitrogens with zero attached hydrogens (tertiary/aromatic N) is 1. The third kappa shape index (κ3) is 3.64. The molecule has 4 heteroatoms. The van der Waals surface area contributed by atoms with Gasteiger partial charge < -0.3 is 19.7 Å². The van der Waals surface area contributed by atoms with E-state index in [0.29, 0.717) is 6.61 Å². The first-order valence-electron chi connectivity index (χ1n) is 7.72. The van der Waals surface area contributed by atoms with Crippen LogP contribution in [0.5, 0.6) is 5.75 Å². The van der Waals surface area contributed by atoms with Gasteiger partial charge in [-0.25, -0.2) is 0 Å². The smallest absolute Gasteiger partial charge is 0.119 e. The molecule has 1 atom stereocenters. The van der Waals surface area contributed by atoms with Gasteiger partial charge in [-0.05, 0) is 50.1 Å². The highest BCUT2D eigenvalue weighted by molar-refractivity contribution is 5.49. The van der Waals surface area contributed by atoms with Crippen molar-refractivity contribution < 1.29 is 9.47 Å². The number of anilines is 1. The minimum atomic E-state index is 0.284. The van der Waals surface area contributed by atoms with E-state index < -0.39 is 0 Å². The summed E-state index contributed by atoms with van der Waals surface area (Å²) in [5.74, 6) is 0.942. The first-order chi connectivity index (χ1) is 9.92. The lowest BCUT2D eigenvalue weighted by molar-refractivity contribution is 0.0679. The van der Waals surface area contributed by atoms with Crippen LogP contribution in [0.4, 0.5) is 5.69 Å². The predicted molar refractivity (Wildman–Crippen MR) is 80.6 cm³/mol. The Labute approximate surface area is 121 Å². The number of ether oxygens (including phenoxy) is 2. The summed E-state index contributed by atoms with van der Waals surface area (Å²) in [6.45, 7) is 5.96. The maximum atomic E-state index is 5.80. The second-order valence-corrected chi connectivity index (χ2v) is 5.53. The van der Waals surface area contributed by atoms with Crippen LogP contribution in [0.25, 0.3) is 0 Å². The van der Waals surface area contributed by atoms with Crippen LogP contribution in [0, 0.1) is 0 Å². The van der Waals surface area contributed by atoms with E-state index in [2.05, 4.69) is 34.5 Å². The van der Waals surface area contributed by atoms with E-state index >= 15 is 0 Å². The van der Waals surface area contributed by atoms with Crippen molar-refractivity contribution in [2.75, 3.05) is 44.3 Å². The van der Waals surface area contributed by atoms with Crippen LogP contribution in [0.3, 0.4) is 0 Å². The van der Waals surface area contributed by atoms with Crippen LogP contribution < -0.4 is 15.0 Å². The standard InChI is InChI=1S/C16H24N2O2/c1-3-16(19-12-1)13-20-15-6-4-14(5-7-15)18-10-2-8-17-9-11-18/h4-7,16-17H,1-3,8-13H2. The zero-order chi connectivity index (χ0) is 13.6. The molecule has 0 spiro atoms. The zero-order valence-electron chi connectivity index (χ0n) is 12.0. The second kappa shape index (κ2) is 6.95. The summed E-state index contributed by atoms with van der Waals surface area (Å²) in [5.41, 5.74) is 1.29. The highest BCUT2D eigenvalue weighted by Crippen LogP contribution is 2.21. The van der Waals surface area contributed by atoms with Crippen molar-refractivity contribution in [3.8, 4) is 5.75 Å². The lowest BCUT2D eigenvalue weighted by Gasteiger charge is -2.22. The summed E-state index contributed by atoms with van der Waals surface area (Å²) in [5, 5.41) is 3.43. The summed E-state index contributed by atoms with van der Waals surface area (Å²) in [4.78, 5) is 2.43. The van der Waals surface area contributed by atoms with Crippen LogP contribution >= 0.6 is 0 Å². The van der Waals surface area contributed by atoms with Crippen molar-refractivity contribution in [3.63, 3.8) is 0 Å². The van der Waals surface area contributed by atoms with Gasteiger partial charge in [0.05, 0.1) is 6.10 Å². The molecule has 4 nitrogen and oxygen atoms in total. The Kier molecular flexibility index (Phi) is 4.77. The number of hydrogen-bond acceptors (Lipinski definition) is 4. The Balaban J connectivity index is 1.53. The molecule has 2 saturated heterocycles. The summed E-state index contributed by atoms with van der Waals surface area (Å²) in [7, 11) is 0. The summed E-state index contributed by atoms with van der Waals surface area (Å²) >= 11 is 0. The maximum absolute atomic E-state index is 5.80. The van der Waals surface area contributed by atoms with Gasteiger partial charge >= 0.3 is 0 Å². The lowest BCUT2D eigenvalue weighted by Crippen LogP contribution is -2.27. The highest BCUT2D eigenvalue weighted by Gasteiger charge is 2.16. The Morgan fingerprint density at radius 3 is 2.85 bits per heavy atom. The third-order valence-electron chi connectivity index (χ3n) is 4.00. The SMILES string of the molecule is c1cc(N2CCCNCC2)ccc1OCC1CCCO1. The fourth-order valence-electron chi connectivity index (χ4n) is 2.82. The first kappa shape index (κ1) is 13.7. The molecule has 2 aliphatic rings. The molecule has 110 valence electrons. The predicted octanol–water partition coefficient (Wildman–Crippen LogP) is 2.04. The van der Waals surface area contributed by atoms with Gasteiger partial charge in [0.15, 0.2) is 0 Å². The number of rotatable bonds is 4. The topological polar surface area (TPSA) is 33.7 Å². The van der Waals surface area contributed by atoms with E-state index in [1.807, 2.05) is 0 Å². The molecule has 20 heavy (non-hydrogen) atoms. The first-order valence-corrected chi connectivity index (χ1v) is 7.72. The van der Waals surface area contributed by atoms with Crippen LogP contribution in [-0.2, 0) is 4.74 Å². The van der Waals surface area contributed by atoms with Gasteiger partial charge in [-0.2, -0.15) is 0 Å². The van der Waals surface area contributed by atoms with E-state index in [1.54, 1.807) is 0 Å². The van der Waals surface area contributed by atoms with Crippen molar-refractivity contribution in [1.29, 1.82) is 0 Å². The Hall–Kier alpha value is -1.26. The molecule has 0 amide bonds. The van der Waals surface area contributed by atoms with Gasteiger partial charge in [0.1, 0.15) is 12.4 Å². The molecule has 2 fully saturated rings. The summed E-state index contributed by atoms with van der Waals surface area (Å²) in [6, 6.07) is 8.47. The highest BCUT2D eigenvalue weighted by atomic mass is 16.5. The van der Waals surface area contributed by atoms with Crippen molar-refractivity contribution in [2.45, 2.75) is 25.4 Å². The molecule has 1 N–H and O–H groups in total. The van der Waals surface area contributed by atoms with Crippen LogP contribution in [0.15, 0.2) is 24.3 Å². The fourth-order valence-corrected chi connectivity index (χ4v) is 2.82. The minimum Gasteiger partial charge on any atom is -0.491 e. The van der Waals surface area contributed by atoms with Gasteiger partial charge in [-0.3, -0.25) is 0 Å². The number of nitrogens with one attached hydrogen (secondary N) is 1. The molecular formula is C16H24N2O2. The van der Waals surface area contributed by atoms with Gasteiger partial charge in [0.2, 0.25) is 0 Å². The van der Waals surface area contributed by atoms with Crippen LogP contribution in [0.2, 0.25) is 0 Å². The molecule has 2 heterocycles. The molecule has 0 radical (unpaired) electrons. The van der Waals surface area contributed by atoms with E-state index in [1.165, 1.54) is 12.1 Å². The van der Waals surface area contributed by atoms with E-state index in [0.717, 1.165) is 51.4 Å². The maximum Gasteiger partial charge on any atom is 0.119 e. The van der Waals surface area contributed by atoms with E-state index in [9.17, 15) is 0 Å². The van der Waals surface area contributed by atoms with Crippen LogP contribution in [-0.4, -0.2) is 45.5 Å². The third-order valence-corrected chi connectivity index (χ3v) is 4.00. The molecule has 0 bridgehead atoms. The van der Waals surface area contributed by atoms with Crippen molar-refractivity contribution in [2.24, 2.45) is 0 Å². The molecule has 2 aliphatic heterocycles. The molecule has 1 aromatic carbocycles. The van der Waals surface area contributed by atoms with E-state index in [4.69, 9.17) is 9.47 Å². The zero-order valence-corrected chi connectivity index (χ0v) is 12.0. The van der Waals surface area contributed by atoms with E-state index in [-0.39, 0.29) is 6.10 Å². The molecule has 0 aromatic heterocycles. The minimum absolute atomic E-state index is 0.284. The Morgan fingerprint density at radius 2 is 2.05 bits per heavy atom. The quantitative estimate of drug-likeness (QED) is 0.912. The number of benzene rings is 1.